The summed E-state index contributed by atoms with van der Waals surface area (Å²) in [6, 6.07) is 13.7. The number of nitrogens with one attached hydrogen (secondary N) is 2. The zero-order valence-corrected chi connectivity index (χ0v) is 16.6. The van der Waals surface area contributed by atoms with Gasteiger partial charge in [-0.3, -0.25) is 9.59 Å². The van der Waals surface area contributed by atoms with E-state index >= 15 is 0 Å². The van der Waals surface area contributed by atoms with Crippen LogP contribution in [0.15, 0.2) is 48.5 Å². The highest BCUT2D eigenvalue weighted by Gasteiger charge is 2.24. The van der Waals surface area contributed by atoms with Crippen molar-refractivity contribution < 1.29 is 23.8 Å². The van der Waals surface area contributed by atoms with Gasteiger partial charge in [-0.15, -0.1) is 0 Å². The molecule has 1 atom stereocenters. The number of hydrogen-bond acceptors (Lipinski definition) is 5. The lowest BCUT2D eigenvalue weighted by molar-refractivity contribution is -0.131. The van der Waals surface area contributed by atoms with E-state index in [9.17, 15) is 9.59 Å². The van der Waals surface area contributed by atoms with Crippen LogP contribution < -0.4 is 20.1 Å². The number of methoxy groups -OCH3 is 1. The number of rotatable bonds is 7. The molecule has 0 aromatic heterocycles. The van der Waals surface area contributed by atoms with Crippen LogP contribution >= 0.6 is 0 Å². The maximum absolute atomic E-state index is 12.4. The Labute approximate surface area is 170 Å². The molecule has 2 amide bonds. The number of anilines is 1. The molecule has 2 N–H and O–H groups in total. The predicted octanol–water partition coefficient (Wildman–Crippen LogP) is 3.36. The summed E-state index contributed by atoms with van der Waals surface area (Å²) in [4.78, 5) is 24.7. The van der Waals surface area contributed by atoms with Gasteiger partial charge in [-0.1, -0.05) is 12.1 Å². The van der Waals surface area contributed by atoms with Gasteiger partial charge in [0, 0.05) is 24.8 Å². The molecular weight excluding hydrogens is 372 g/mol. The van der Waals surface area contributed by atoms with Crippen molar-refractivity contribution in [3.8, 4) is 17.2 Å². The summed E-state index contributed by atoms with van der Waals surface area (Å²) in [6.07, 6.45) is 1.38. The molecule has 0 unspecified atom stereocenters. The van der Waals surface area contributed by atoms with Crippen LogP contribution in [-0.2, 0) is 14.3 Å². The van der Waals surface area contributed by atoms with E-state index in [0.717, 1.165) is 0 Å². The van der Waals surface area contributed by atoms with Crippen LogP contribution in [0.1, 0.15) is 19.8 Å². The summed E-state index contributed by atoms with van der Waals surface area (Å²) in [6.45, 7) is 2.84. The van der Waals surface area contributed by atoms with Gasteiger partial charge < -0.3 is 24.8 Å². The Morgan fingerprint density at radius 2 is 1.69 bits per heavy atom. The molecule has 1 aliphatic heterocycles. The first-order valence-electron chi connectivity index (χ1n) is 9.66. The number of para-hydroxylation sites is 2. The highest BCUT2D eigenvalue weighted by molar-refractivity contribution is 5.97. The van der Waals surface area contributed by atoms with Crippen LogP contribution in [0.5, 0.6) is 17.2 Å². The fraction of sp³-hybridized carbons (Fsp3) is 0.364. The second kappa shape index (κ2) is 9.93. The van der Waals surface area contributed by atoms with Crippen molar-refractivity contribution in [2.24, 2.45) is 5.92 Å². The Kier molecular flexibility index (Phi) is 7.08. The Balaban J connectivity index is 1.53. The fourth-order valence-corrected chi connectivity index (χ4v) is 3.04. The van der Waals surface area contributed by atoms with Gasteiger partial charge >= 0.3 is 0 Å². The molecule has 0 aliphatic carbocycles. The lowest BCUT2D eigenvalue weighted by Crippen LogP contribution is -2.45. The summed E-state index contributed by atoms with van der Waals surface area (Å²) < 4.78 is 16.4. The smallest absolute Gasteiger partial charge is 0.246 e. The fourth-order valence-electron chi connectivity index (χ4n) is 3.04. The number of hydrogen-bond donors (Lipinski definition) is 2. The van der Waals surface area contributed by atoms with Crippen molar-refractivity contribution >= 4 is 17.5 Å². The molecule has 3 rings (SSSR count). The maximum atomic E-state index is 12.4. The van der Waals surface area contributed by atoms with Gasteiger partial charge in [0.25, 0.3) is 0 Å². The molecule has 0 spiro atoms. The minimum absolute atomic E-state index is 0.0922. The van der Waals surface area contributed by atoms with Crippen molar-refractivity contribution in [1.29, 1.82) is 0 Å². The molecule has 1 saturated heterocycles. The molecule has 7 nitrogen and oxygen atoms in total. The lowest BCUT2D eigenvalue weighted by atomic mass is 9.99. The molecule has 1 fully saturated rings. The van der Waals surface area contributed by atoms with E-state index in [-0.39, 0.29) is 17.7 Å². The molecule has 0 radical (unpaired) electrons. The lowest BCUT2D eigenvalue weighted by Gasteiger charge is -2.23. The number of carbonyl (C=O) groups excluding carboxylic acids is 2. The van der Waals surface area contributed by atoms with Crippen LogP contribution in [-0.4, -0.2) is 38.2 Å². The molecule has 0 bridgehead atoms. The van der Waals surface area contributed by atoms with E-state index in [2.05, 4.69) is 10.6 Å². The Morgan fingerprint density at radius 1 is 1.03 bits per heavy atom. The standard InChI is InChI=1S/C22H26N2O5/c1-15(23-22(26)16-11-13-28-14-12-16)21(25)24-17-7-9-18(10-8-17)29-20-6-4-3-5-19(20)27-2/h3-10,15-16H,11-14H2,1-2H3,(H,23,26)(H,24,25)/t15-/m1/s1. The largest absolute Gasteiger partial charge is 0.493 e. The maximum Gasteiger partial charge on any atom is 0.246 e. The minimum atomic E-state index is -0.630. The monoisotopic (exact) mass is 398 g/mol. The van der Waals surface area contributed by atoms with Crippen molar-refractivity contribution in [3.63, 3.8) is 0 Å². The Hall–Kier alpha value is -3.06. The van der Waals surface area contributed by atoms with Crippen molar-refractivity contribution in [3.05, 3.63) is 48.5 Å². The molecule has 29 heavy (non-hydrogen) atoms. The summed E-state index contributed by atoms with van der Waals surface area (Å²) in [5, 5.41) is 5.59. The third kappa shape index (κ3) is 5.71. The van der Waals surface area contributed by atoms with Gasteiger partial charge in [-0.25, -0.2) is 0 Å². The topological polar surface area (TPSA) is 85.9 Å². The Bertz CT molecular complexity index is 831. The predicted molar refractivity (Wildman–Crippen MR) is 109 cm³/mol. The van der Waals surface area contributed by atoms with Gasteiger partial charge in [-0.2, -0.15) is 0 Å². The third-order valence-corrected chi connectivity index (χ3v) is 4.76. The van der Waals surface area contributed by atoms with Crippen molar-refractivity contribution in [2.45, 2.75) is 25.8 Å². The van der Waals surface area contributed by atoms with Crippen LogP contribution in [0.3, 0.4) is 0 Å². The van der Waals surface area contributed by atoms with Crippen LogP contribution in [0.4, 0.5) is 5.69 Å². The van der Waals surface area contributed by atoms with Gasteiger partial charge in [0.15, 0.2) is 11.5 Å². The quantitative estimate of drug-likeness (QED) is 0.747. The molecule has 1 aliphatic rings. The molecular formula is C22H26N2O5. The van der Waals surface area contributed by atoms with Gasteiger partial charge in [-0.05, 0) is 56.2 Å². The van der Waals surface area contributed by atoms with E-state index in [4.69, 9.17) is 14.2 Å². The number of benzene rings is 2. The van der Waals surface area contributed by atoms with Gasteiger partial charge in [0.05, 0.1) is 7.11 Å². The van der Waals surface area contributed by atoms with Gasteiger partial charge in [0.1, 0.15) is 11.8 Å². The first-order chi connectivity index (χ1) is 14.1. The molecule has 1 heterocycles. The first-order valence-corrected chi connectivity index (χ1v) is 9.66. The number of carbonyl (C=O) groups is 2. The van der Waals surface area contributed by atoms with Crippen LogP contribution in [0.2, 0.25) is 0 Å². The van der Waals surface area contributed by atoms with E-state index in [0.29, 0.717) is 49.0 Å². The summed E-state index contributed by atoms with van der Waals surface area (Å²) in [7, 11) is 1.59. The van der Waals surface area contributed by atoms with Crippen molar-refractivity contribution in [1.82, 2.24) is 5.32 Å². The summed E-state index contributed by atoms with van der Waals surface area (Å²) in [5.41, 5.74) is 0.620. The SMILES string of the molecule is COc1ccccc1Oc1ccc(NC(=O)[C@@H](C)NC(=O)C2CCOCC2)cc1. The average Bonchev–Trinajstić information content (AvgIpc) is 2.76. The Morgan fingerprint density at radius 3 is 2.34 bits per heavy atom. The zero-order valence-electron chi connectivity index (χ0n) is 16.6. The van der Waals surface area contributed by atoms with Gasteiger partial charge in [0.2, 0.25) is 11.8 Å². The molecule has 0 saturated carbocycles. The highest BCUT2D eigenvalue weighted by atomic mass is 16.5. The van der Waals surface area contributed by atoms with Crippen LogP contribution in [0, 0.1) is 5.92 Å². The summed E-state index contributed by atoms with van der Waals surface area (Å²) >= 11 is 0. The highest BCUT2D eigenvalue weighted by Crippen LogP contribution is 2.31. The van der Waals surface area contributed by atoms with E-state index in [1.54, 1.807) is 38.3 Å². The second-order valence-electron chi connectivity index (χ2n) is 6.88. The van der Waals surface area contributed by atoms with E-state index < -0.39 is 6.04 Å². The number of amides is 2. The zero-order chi connectivity index (χ0) is 20.6. The van der Waals surface area contributed by atoms with Crippen molar-refractivity contribution in [2.75, 3.05) is 25.6 Å². The van der Waals surface area contributed by atoms with E-state index in [1.165, 1.54) is 0 Å². The minimum Gasteiger partial charge on any atom is -0.493 e. The molecule has 7 heteroatoms. The molecule has 2 aromatic carbocycles. The van der Waals surface area contributed by atoms with Crippen LogP contribution in [0.25, 0.3) is 0 Å². The third-order valence-electron chi connectivity index (χ3n) is 4.76. The molecule has 154 valence electrons. The first kappa shape index (κ1) is 20.7. The van der Waals surface area contributed by atoms with E-state index in [1.807, 2.05) is 24.3 Å². The molecule has 2 aromatic rings. The average molecular weight is 398 g/mol. The number of ether oxygens (including phenoxy) is 3. The summed E-state index contributed by atoms with van der Waals surface area (Å²) in [5.74, 6) is 1.40. The second-order valence-corrected chi connectivity index (χ2v) is 6.88. The normalized spacial score (nSPS) is 15.2.